The Hall–Kier alpha value is -2.83. The second kappa shape index (κ2) is 8.43. The van der Waals surface area contributed by atoms with Crippen LogP contribution < -0.4 is 0 Å². The average Bonchev–Trinajstić information content (AvgIpc) is 2.86. The Bertz CT molecular complexity index is 1230. The van der Waals surface area contributed by atoms with Gasteiger partial charge in [-0.3, -0.25) is 13.8 Å². The summed E-state index contributed by atoms with van der Waals surface area (Å²) in [6.45, 7) is 4.09. The van der Waals surface area contributed by atoms with Crippen molar-refractivity contribution >= 4 is 22.4 Å². The van der Waals surface area contributed by atoms with Crippen LogP contribution in [0.5, 0.6) is 0 Å². The van der Waals surface area contributed by atoms with Crippen LogP contribution in [0.4, 0.5) is 0 Å². The molecular weight excluding hydrogens is 448 g/mol. The number of benzene rings is 2. The standard InChI is InChI=1S/C28H28O5S/c1-18-9-11-21(12-10-18)34(31)28-22-15-23(19-7-5-4-6-8-19)33-17-20(22)13-14-27(28,2)25(29)16-24(32-3)26(28)30/h4-13,16,22-23H,14-15,17H2,1-3H3/t22-,23-,27-,28-,34-/m0/s1. The number of carbonyl (C=O) groups is 2. The minimum absolute atomic E-state index is 0.0214. The number of methoxy groups -OCH3 is 1. The molecule has 1 saturated heterocycles. The van der Waals surface area contributed by atoms with Crippen LogP contribution in [0.15, 0.2) is 83.0 Å². The lowest BCUT2D eigenvalue weighted by molar-refractivity contribution is -0.140. The van der Waals surface area contributed by atoms with Gasteiger partial charge in [0.1, 0.15) is 4.75 Å². The van der Waals surface area contributed by atoms with E-state index in [1.54, 1.807) is 19.1 Å². The number of allylic oxidation sites excluding steroid dienone is 3. The topological polar surface area (TPSA) is 69.7 Å². The summed E-state index contributed by atoms with van der Waals surface area (Å²) in [5, 5.41) is 0. The maximum absolute atomic E-state index is 14.6. The first-order valence-corrected chi connectivity index (χ1v) is 12.7. The van der Waals surface area contributed by atoms with E-state index in [1.165, 1.54) is 13.2 Å². The highest BCUT2D eigenvalue weighted by Crippen LogP contribution is 2.59. The van der Waals surface area contributed by atoms with Gasteiger partial charge in [0, 0.05) is 16.9 Å². The van der Waals surface area contributed by atoms with Crippen molar-refractivity contribution in [1.82, 2.24) is 0 Å². The zero-order valence-electron chi connectivity index (χ0n) is 19.6. The number of rotatable bonds is 4. The van der Waals surface area contributed by atoms with E-state index in [-0.39, 0.29) is 23.4 Å². The van der Waals surface area contributed by atoms with Crippen molar-refractivity contribution in [2.24, 2.45) is 11.3 Å². The first kappa shape index (κ1) is 22.9. The number of fused-ring (bicyclic) bond motifs is 3. The van der Waals surface area contributed by atoms with Crippen molar-refractivity contribution in [2.75, 3.05) is 13.7 Å². The molecule has 2 aromatic carbocycles. The molecule has 176 valence electrons. The van der Waals surface area contributed by atoms with Gasteiger partial charge in [-0.1, -0.05) is 61.0 Å². The number of ether oxygens (including phenoxy) is 2. The molecule has 2 aromatic rings. The van der Waals surface area contributed by atoms with Crippen LogP contribution in [0.25, 0.3) is 0 Å². The molecule has 0 aromatic heterocycles. The van der Waals surface area contributed by atoms with E-state index in [2.05, 4.69) is 0 Å². The van der Waals surface area contributed by atoms with Crippen molar-refractivity contribution < 1.29 is 23.3 Å². The summed E-state index contributed by atoms with van der Waals surface area (Å²) in [7, 11) is -0.418. The fourth-order valence-corrected chi connectivity index (χ4v) is 7.89. The smallest absolute Gasteiger partial charge is 0.218 e. The number of carbonyl (C=O) groups excluding carboxylic acids is 2. The molecule has 0 bridgehead atoms. The molecule has 0 spiro atoms. The molecule has 0 N–H and O–H groups in total. The Kier molecular flexibility index (Phi) is 5.69. The molecular formula is C28H28O5S. The maximum atomic E-state index is 14.6. The van der Waals surface area contributed by atoms with Gasteiger partial charge in [-0.25, -0.2) is 0 Å². The minimum atomic E-state index is -1.81. The van der Waals surface area contributed by atoms with Gasteiger partial charge in [0.25, 0.3) is 0 Å². The highest BCUT2D eigenvalue weighted by Gasteiger charge is 2.70. The number of Topliss-reactive ketones (excluding diaryl/α,β-unsaturated/α-hetero) is 1. The van der Waals surface area contributed by atoms with E-state index in [4.69, 9.17) is 9.47 Å². The molecule has 6 heteroatoms. The lowest BCUT2D eigenvalue weighted by Gasteiger charge is -2.55. The minimum Gasteiger partial charge on any atom is -0.493 e. The zero-order valence-corrected chi connectivity index (χ0v) is 20.4. The van der Waals surface area contributed by atoms with Gasteiger partial charge in [-0.15, -0.1) is 0 Å². The average molecular weight is 477 g/mol. The predicted molar refractivity (Wildman–Crippen MR) is 129 cm³/mol. The van der Waals surface area contributed by atoms with E-state index >= 15 is 0 Å². The first-order valence-electron chi connectivity index (χ1n) is 11.5. The molecule has 1 aliphatic heterocycles. The van der Waals surface area contributed by atoms with Gasteiger partial charge in [0.2, 0.25) is 5.78 Å². The van der Waals surface area contributed by atoms with E-state index in [0.717, 1.165) is 16.7 Å². The lowest BCUT2D eigenvalue weighted by atomic mass is 9.55. The molecule has 1 heterocycles. The molecule has 3 aliphatic rings. The fourth-order valence-electron chi connectivity index (χ4n) is 5.77. The Morgan fingerprint density at radius 3 is 2.44 bits per heavy atom. The quantitative estimate of drug-likeness (QED) is 0.602. The molecule has 0 amide bonds. The number of aryl methyl sites for hydroxylation is 1. The molecule has 0 saturated carbocycles. The predicted octanol–water partition coefficient (Wildman–Crippen LogP) is 4.64. The van der Waals surface area contributed by atoms with Crippen molar-refractivity contribution in [3.63, 3.8) is 0 Å². The number of hydrogen-bond donors (Lipinski definition) is 0. The summed E-state index contributed by atoms with van der Waals surface area (Å²) in [6.07, 6.45) is 3.83. The molecule has 5 rings (SSSR count). The van der Waals surface area contributed by atoms with Crippen LogP contribution in [0, 0.1) is 18.3 Å². The maximum Gasteiger partial charge on any atom is 0.218 e. The van der Waals surface area contributed by atoms with Crippen LogP contribution in [-0.4, -0.2) is 34.2 Å². The summed E-state index contributed by atoms with van der Waals surface area (Å²) in [5.74, 6) is -1.03. The van der Waals surface area contributed by atoms with Crippen LogP contribution in [0.1, 0.15) is 37.0 Å². The van der Waals surface area contributed by atoms with Gasteiger partial charge < -0.3 is 9.47 Å². The molecule has 0 unspecified atom stereocenters. The third kappa shape index (κ3) is 3.19. The van der Waals surface area contributed by atoms with Crippen molar-refractivity contribution in [1.29, 1.82) is 0 Å². The second-order valence-corrected chi connectivity index (χ2v) is 11.2. The van der Waals surface area contributed by atoms with Crippen molar-refractivity contribution in [2.45, 2.75) is 42.4 Å². The summed E-state index contributed by atoms with van der Waals surface area (Å²) < 4.78 is 24.7. The normalized spacial score (nSPS) is 31.6. The van der Waals surface area contributed by atoms with Crippen molar-refractivity contribution in [3.8, 4) is 0 Å². The first-order chi connectivity index (χ1) is 16.3. The van der Waals surface area contributed by atoms with E-state index < -0.39 is 26.9 Å². The van der Waals surface area contributed by atoms with Crippen LogP contribution in [0.2, 0.25) is 0 Å². The van der Waals surface area contributed by atoms with E-state index in [9.17, 15) is 13.8 Å². The molecule has 34 heavy (non-hydrogen) atoms. The zero-order chi connectivity index (χ0) is 24.1. The Morgan fingerprint density at radius 1 is 1.06 bits per heavy atom. The summed E-state index contributed by atoms with van der Waals surface area (Å²) in [4.78, 5) is 28.4. The van der Waals surface area contributed by atoms with E-state index in [1.807, 2.05) is 55.5 Å². The van der Waals surface area contributed by atoms with Gasteiger partial charge in [0.15, 0.2) is 11.5 Å². The Balaban J connectivity index is 1.72. The van der Waals surface area contributed by atoms with Crippen LogP contribution in [0.3, 0.4) is 0 Å². The Labute approximate surface area is 202 Å². The summed E-state index contributed by atoms with van der Waals surface area (Å²) in [5.41, 5.74) is 1.81. The summed E-state index contributed by atoms with van der Waals surface area (Å²) in [6, 6.07) is 17.2. The highest BCUT2D eigenvalue weighted by molar-refractivity contribution is 7.87. The van der Waals surface area contributed by atoms with Crippen LogP contribution in [-0.2, 0) is 29.9 Å². The largest absolute Gasteiger partial charge is 0.493 e. The monoisotopic (exact) mass is 476 g/mol. The van der Waals surface area contributed by atoms with Gasteiger partial charge in [0.05, 0.1) is 36.0 Å². The molecule has 1 fully saturated rings. The SMILES string of the molecule is COC1=CC(=O)[C@]2(C)CC=C3CO[C@H](c4ccccc4)C[C@@H]3[C@]2([S@@](=O)c2ccc(C)cc2)C1=O. The molecule has 5 nitrogen and oxygen atoms in total. The van der Waals surface area contributed by atoms with Gasteiger partial charge in [-0.05, 0) is 43.0 Å². The Morgan fingerprint density at radius 2 is 1.76 bits per heavy atom. The van der Waals surface area contributed by atoms with Gasteiger partial charge in [-0.2, -0.15) is 0 Å². The second-order valence-electron chi connectivity index (χ2n) is 9.54. The number of ketones is 2. The highest BCUT2D eigenvalue weighted by atomic mass is 32.2. The number of hydrogen-bond acceptors (Lipinski definition) is 5. The van der Waals surface area contributed by atoms with Gasteiger partial charge >= 0.3 is 0 Å². The molecule has 2 aliphatic carbocycles. The molecule has 5 atom stereocenters. The van der Waals surface area contributed by atoms with Crippen molar-refractivity contribution in [3.05, 3.63) is 89.2 Å². The fraction of sp³-hybridized carbons (Fsp3) is 0.357. The summed E-state index contributed by atoms with van der Waals surface area (Å²) >= 11 is 0. The lowest BCUT2D eigenvalue weighted by Crippen LogP contribution is -2.68. The molecule has 0 radical (unpaired) electrons. The third-order valence-electron chi connectivity index (χ3n) is 7.72. The van der Waals surface area contributed by atoms with Crippen LogP contribution >= 0.6 is 0 Å². The van der Waals surface area contributed by atoms with E-state index in [0.29, 0.717) is 24.3 Å². The third-order valence-corrected chi connectivity index (χ3v) is 9.92.